The van der Waals surface area contributed by atoms with Gasteiger partial charge in [0.2, 0.25) is 0 Å². The van der Waals surface area contributed by atoms with E-state index in [1.165, 1.54) is 46.6 Å². The number of carbonyl (C=O) groups is 2. The predicted molar refractivity (Wildman–Crippen MR) is 128 cm³/mol. The number of nitrogens with one attached hydrogen (secondary N) is 2. The first-order chi connectivity index (χ1) is 16.8. The van der Waals surface area contributed by atoms with E-state index in [9.17, 15) is 19.7 Å². The number of hydrogen-bond acceptors (Lipinski definition) is 8. The molecule has 35 heavy (non-hydrogen) atoms. The summed E-state index contributed by atoms with van der Waals surface area (Å²) in [5, 5.41) is 16.8. The Morgan fingerprint density at radius 3 is 1.54 bits per heavy atom. The Kier molecular flexibility index (Phi) is 7.72. The van der Waals surface area contributed by atoms with Crippen molar-refractivity contribution < 1.29 is 33.5 Å². The minimum Gasteiger partial charge on any atom is -0.496 e. The number of benzene rings is 3. The zero-order valence-electron chi connectivity index (χ0n) is 19.4. The number of nitro benzene ring substituents is 1. The molecule has 182 valence electrons. The zero-order chi connectivity index (χ0) is 25.5. The van der Waals surface area contributed by atoms with Crippen LogP contribution in [0.5, 0.6) is 23.0 Å². The number of anilines is 2. The number of nitro groups is 1. The van der Waals surface area contributed by atoms with Crippen LogP contribution in [0.15, 0.2) is 54.6 Å². The van der Waals surface area contributed by atoms with Crippen molar-refractivity contribution in [1.29, 1.82) is 0 Å². The van der Waals surface area contributed by atoms with E-state index in [2.05, 4.69) is 10.6 Å². The molecule has 0 unspecified atom stereocenters. The minimum atomic E-state index is -0.697. The van der Waals surface area contributed by atoms with Crippen molar-refractivity contribution >= 4 is 28.9 Å². The lowest BCUT2D eigenvalue weighted by atomic mass is 10.1. The van der Waals surface area contributed by atoms with Crippen molar-refractivity contribution in [3.05, 3.63) is 75.8 Å². The van der Waals surface area contributed by atoms with E-state index >= 15 is 0 Å². The van der Waals surface area contributed by atoms with Crippen molar-refractivity contribution in [2.45, 2.75) is 0 Å². The van der Waals surface area contributed by atoms with Gasteiger partial charge in [0.1, 0.15) is 39.8 Å². The summed E-state index contributed by atoms with van der Waals surface area (Å²) in [6.07, 6.45) is 0. The van der Waals surface area contributed by atoms with Crippen LogP contribution in [0, 0.1) is 10.1 Å². The van der Waals surface area contributed by atoms with Crippen LogP contribution in [0.3, 0.4) is 0 Å². The normalized spacial score (nSPS) is 10.2. The Labute approximate surface area is 200 Å². The lowest BCUT2D eigenvalue weighted by molar-refractivity contribution is -0.383. The average molecular weight is 481 g/mol. The molecule has 0 fully saturated rings. The lowest BCUT2D eigenvalue weighted by Gasteiger charge is -2.15. The molecule has 0 aromatic heterocycles. The van der Waals surface area contributed by atoms with Gasteiger partial charge in [-0.15, -0.1) is 0 Å². The molecular weight excluding hydrogens is 458 g/mol. The van der Waals surface area contributed by atoms with Crippen molar-refractivity contribution in [2.75, 3.05) is 39.1 Å². The monoisotopic (exact) mass is 481 g/mol. The molecule has 3 aromatic carbocycles. The molecule has 0 atom stereocenters. The number of methoxy groups -OCH3 is 4. The highest BCUT2D eigenvalue weighted by Crippen LogP contribution is 2.34. The van der Waals surface area contributed by atoms with Crippen LogP contribution in [0.4, 0.5) is 17.1 Å². The third kappa shape index (κ3) is 5.24. The maximum Gasteiger partial charge on any atom is 0.292 e. The van der Waals surface area contributed by atoms with E-state index in [4.69, 9.17) is 18.9 Å². The van der Waals surface area contributed by atoms with Gasteiger partial charge in [0.25, 0.3) is 17.5 Å². The molecule has 11 nitrogen and oxygen atoms in total. The summed E-state index contributed by atoms with van der Waals surface area (Å²) in [5.74, 6) is -0.273. The van der Waals surface area contributed by atoms with Crippen LogP contribution in [0.1, 0.15) is 20.7 Å². The molecular formula is C24H23N3O8. The first kappa shape index (κ1) is 24.8. The number of hydrogen-bond donors (Lipinski definition) is 2. The van der Waals surface area contributed by atoms with Crippen LogP contribution < -0.4 is 29.6 Å². The van der Waals surface area contributed by atoms with E-state index in [1.807, 2.05) is 0 Å². The molecule has 0 heterocycles. The summed E-state index contributed by atoms with van der Waals surface area (Å²) in [4.78, 5) is 37.0. The first-order valence-electron chi connectivity index (χ1n) is 10.2. The molecule has 2 N–H and O–H groups in total. The van der Waals surface area contributed by atoms with Crippen LogP contribution in [0.25, 0.3) is 0 Å². The summed E-state index contributed by atoms with van der Waals surface area (Å²) in [6, 6.07) is 13.4. The number of amides is 2. The summed E-state index contributed by atoms with van der Waals surface area (Å²) in [5.41, 5.74) is -0.131. The molecule has 0 aliphatic carbocycles. The van der Waals surface area contributed by atoms with Gasteiger partial charge in [0.05, 0.1) is 33.4 Å². The lowest BCUT2D eigenvalue weighted by Crippen LogP contribution is -2.17. The number of rotatable bonds is 9. The summed E-state index contributed by atoms with van der Waals surface area (Å²) >= 11 is 0. The zero-order valence-corrected chi connectivity index (χ0v) is 19.4. The van der Waals surface area contributed by atoms with Gasteiger partial charge in [-0.05, 0) is 36.4 Å². The minimum absolute atomic E-state index is 0.0556. The molecule has 11 heteroatoms. The highest BCUT2D eigenvalue weighted by atomic mass is 16.6. The third-order valence-electron chi connectivity index (χ3n) is 5.01. The quantitative estimate of drug-likeness (QED) is 0.344. The van der Waals surface area contributed by atoms with Crippen LogP contribution in [0.2, 0.25) is 0 Å². The average Bonchev–Trinajstić information content (AvgIpc) is 2.87. The van der Waals surface area contributed by atoms with Gasteiger partial charge in [0.15, 0.2) is 0 Å². The van der Waals surface area contributed by atoms with E-state index in [-0.39, 0.29) is 51.2 Å². The SMILES string of the molecule is COc1cccc(OC)c1C(=O)Nc1ccc([N+](=O)[O-])c(NC(=O)c2c(OC)cccc2OC)c1. The Morgan fingerprint density at radius 1 is 0.714 bits per heavy atom. The molecule has 0 saturated heterocycles. The summed E-state index contributed by atoms with van der Waals surface area (Å²) in [7, 11) is 5.60. The molecule has 3 aromatic rings. The first-order valence-corrected chi connectivity index (χ1v) is 10.2. The molecule has 2 amide bonds. The molecule has 3 rings (SSSR count). The second-order valence-corrected chi connectivity index (χ2v) is 6.97. The van der Waals surface area contributed by atoms with Gasteiger partial charge in [-0.25, -0.2) is 0 Å². The van der Waals surface area contributed by atoms with Gasteiger partial charge < -0.3 is 29.6 Å². The van der Waals surface area contributed by atoms with Gasteiger partial charge in [-0.3, -0.25) is 19.7 Å². The maximum atomic E-state index is 13.1. The Hall–Kier alpha value is -4.80. The van der Waals surface area contributed by atoms with Gasteiger partial charge in [0, 0.05) is 11.8 Å². The smallest absolute Gasteiger partial charge is 0.292 e. The fourth-order valence-corrected chi connectivity index (χ4v) is 3.40. The van der Waals surface area contributed by atoms with Crippen molar-refractivity contribution in [3.63, 3.8) is 0 Å². The standard InChI is InChI=1S/C24H23N3O8/c1-32-17-7-5-8-18(33-2)21(17)23(28)25-14-11-12-16(27(30)31)15(13-14)26-24(29)22-19(34-3)9-6-10-20(22)35-4/h5-13H,1-4H3,(H,25,28)(H,26,29). The highest BCUT2D eigenvalue weighted by Gasteiger charge is 2.24. The van der Waals surface area contributed by atoms with Crippen LogP contribution in [-0.2, 0) is 0 Å². The van der Waals surface area contributed by atoms with E-state index < -0.39 is 16.7 Å². The van der Waals surface area contributed by atoms with Crippen molar-refractivity contribution in [3.8, 4) is 23.0 Å². The molecule has 0 radical (unpaired) electrons. The number of carbonyl (C=O) groups excluding carboxylic acids is 2. The van der Waals surface area contributed by atoms with E-state index in [1.54, 1.807) is 36.4 Å². The van der Waals surface area contributed by atoms with Crippen LogP contribution in [-0.4, -0.2) is 45.2 Å². The van der Waals surface area contributed by atoms with Crippen molar-refractivity contribution in [1.82, 2.24) is 0 Å². The van der Waals surface area contributed by atoms with E-state index in [0.717, 1.165) is 0 Å². The Bertz CT molecular complexity index is 1230. The fourth-order valence-electron chi connectivity index (χ4n) is 3.40. The largest absolute Gasteiger partial charge is 0.496 e. The van der Waals surface area contributed by atoms with Gasteiger partial charge >= 0.3 is 0 Å². The Balaban J connectivity index is 1.97. The molecule has 0 spiro atoms. The summed E-state index contributed by atoms with van der Waals surface area (Å²) < 4.78 is 21.0. The second kappa shape index (κ2) is 10.9. The van der Waals surface area contributed by atoms with Gasteiger partial charge in [-0.1, -0.05) is 12.1 Å². The summed E-state index contributed by atoms with van der Waals surface area (Å²) in [6.45, 7) is 0. The number of nitrogens with zero attached hydrogens (tertiary/aromatic N) is 1. The number of ether oxygens (including phenoxy) is 4. The van der Waals surface area contributed by atoms with Crippen LogP contribution >= 0.6 is 0 Å². The molecule has 0 saturated carbocycles. The second-order valence-electron chi connectivity index (χ2n) is 6.97. The van der Waals surface area contributed by atoms with Crippen molar-refractivity contribution in [2.24, 2.45) is 0 Å². The molecule has 0 aliphatic heterocycles. The highest BCUT2D eigenvalue weighted by molar-refractivity contribution is 6.11. The topological polar surface area (TPSA) is 138 Å². The molecule has 0 bridgehead atoms. The van der Waals surface area contributed by atoms with E-state index in [0.29, 0.717) is 0 Å². The fraction of sp³-hybridized carbons (Fsp3) is 0.167. The Morgan fingerprint density at radius 2 is 1.14 bits per heavy atom. The predicted octanol–water partition coefficient (Wildman–Crippen LogP) is 4.13. The van der Waals surface area contributed by atoms with Gasteiger partial charge in [-0.2, -0.15) is 0 Å². The molecule has 0 aliphatic rings. The third-order valence-corrected chi connectivity index (χ3v) is 5.01. The maximum absolute atomic E-state index is 13.1.